The first-order valence-corrected chi connectivity index (χ1v) is 11.3. The Hall–Kier alpha value is -3.08. The summed E-state index contributed by atoms with van der Waals surface area (Å²) in [6.45, 7) is 4.17. The van der Waals surface area contributed by atoms with Gasteiger partial charge >= 0.3 is 5.97 Å². The summed E-state index contributed by atoms with van der Waals surface area (Å²) in [6, 6.07) is 20.9. The highest BCUT2D eigenvalue weighted by Crippen LogP contribution is 2.28. The van der Waals surface area contributed by atoms with E-state index in [0.29, 0.717) is 16.6 Å². The van der Waals surface area contributed by atoms with Gasteiger partial charge in [0.2, 0.25) is 5.91 Å². The maximum atomic E-state index is 13.0. The fourth-order valence-electron chi connectivity index (χ4n) is 3.34. The van der Waals surface area contributed by atoms with E-state index in [4.69, 9.17) is 23.2 Å². The van der Waals surface area contributed by atoms with Crippen LogP contribution in [0.25, 0.3) is 17.2 Å². The molecule has 0 aliphatic rings. The average molecular weight is 482 g/mol. The van der Waals surface area contributed by atoms with Crippen molar-refractivity contribution in [2.75, 3.05) is 12.0 Å². The van der Waals surface area contributed by atoms with Crippen molar-refractivity contribution in [1.29, 1.82) is 0 Å². The summed E-state index contributed by atoms with van der Waals surface area (Å²) in [7, 11) is 1.33. The van der Waals surface area contributed by atoms with Gasteiger partial charge in [0.25, 0.3) is 0 Å². The van der Waals surface area contributed by atoms with Gasteiger partial charge in [0.1, 0.15) is 0 Å². The highest BCUT2D eigenvalue weighted by molar-refractivity contribution is 6.35. The van der Waals surface area contributed by atoms with Crippen LogP contribution in [0, 0.1) is 5.92 Å². The zero-order valence-corrected chi connectivity index (χ0v) is 20.2. The molecule has 0 fully saturated rings. The van der Waals surface area contributed by atoms with Gasteiger partial charge in [-0.1, -0.05) is 73.4 Å². The van der Waals surface area contributed by atoms with Gasteiger partial charge in [-0.05, 0) is 58.7 Å². The van der Waals surface area contributed by atoms with Crippen molar-refractivity contribution in [3.63, 3.8) is 0 Å². The van der Waals surface area contributed by atoms with Gasteiger partial charge in [-0.3, -0.25) is 4.79 Å². The monoisotopic (exact) mass is 481 g/mol. The number of carbonyl (C=O) groups is 2. The first kappa shape index (κ1) is 24.6. The minimum Gasteiger partial charge on any atom is -0.466 e. The number of anilines is 1. The number of ether oxygens (including phenoxy) is 1. The molecule has 0 atom stereocenters. The highest BCUT2D eigenvalue weighted by atomic mass is 35.5. The van der Waals surface area contributed by atoms with Gasteiger partial charge in [-0.25, -0.2) is 4.79 Å². The van der Waals surface area contributed by atoms with Gasteiger partial charge in [-0.2, -0.15) is 0 Å². The van der Waals surface area contributed by atoms with E-state index in [1.807, 2.05) is 74.5 Å². The molecule has 1 amide bonds. The van der Waals surface area contributed by atoms with E-state index in [1.54, 1.807) is 17.0 Å². The molecule has 0 aromatic heterocycles. The largest absolute Gasteiger partial charge is 0.466 e. The topological polar surface area (TPSA) is 46.6 Å². The molecular formula is C27H25Cl2NO3. The maximum absolute atomic E-state index is 13.0. The third-order valence-corrected chi connectivity index (χ3v) is 5.48. The van der Waals surface area contributed by atoms with Crippen molar-refractivity contribution >= 4 is 46.8 Å². The van der Waals surface area contributed by atoms with Gasteiger partial charge in [0.15, 0.2) is 0 Å². The van der Waals surface area contributed by atoms with Crippen molar-refractivity contribution < 1.29 is 14.3 Å². The van der Waals surface area contributed by atoms with Gasteiger partial charge < -0.3 is 9.64 Å². The van der Waals surface area contributed by atoms with Crippen molar-refractivity contribution in [3.8, 4) is 11.1 Å². The van der Waals surface area contributed by atoms with E-state index in [0.717, 1.165) is 27.9 Å². The number of nitrogens with zero attached hydrogens (tertiary/aromatic N) is 1. The van der Waals surface area contributed by atoms with E-state index < -0.39 is 5.97 Å². The van der Waals surface area contributed by atoms with Crippen LogP contribution in [-0.2, 0) is 20.9 Å². The molecule has 3 rings (SSSR count). The number of hydrogen-bond acceptors (Lipinski definition) is 3. The summed E-state index contributed by atoms with van der Waals surface area (Å²) in [5.74, 6) is -0.599. The number of rotatable bonds is 7. The number of carbonyl (C=O) groups excluding carboxylic acids is 2. The number of esters is 1. The lowest BCUT2D eigenvalue weighted by atomic mass is 10.0. The first-order valence-electron chi connectivity index (χ1n) is 10.5. The highest BCUT2D eigenvalue weighted by Gasteiger charge is 2.19. The molecule has 0 unspecified atom stereocenters. The third-order valence-electron chi connectivity index (χ3n) is 5.05. The SMILES string of the molecule is COC(=O)/C=C/c1cccc(N(Cc2ccc(-c3cc(Cl)cc(Cl)c3)cc2)C(=O)C(C)C)c1. The molecule has 3 aromatic carbocycles. The summed E-state index contributed by atoms with van der Waals surface area (Å²) >= 11 is 12.3. The van der Waals surface area contributed by atoms with Crippen LogP contribution in [0.15, 0.2) is 72.8 Å². The Morgan fingerprint density at radius 3 is 2.21 bits per heavy atom. The molecule has 0 aliphatic heterocycles. The van der Waals surface area contributed by atoms with Crippen LogP contribution in [0.2, 0.25) is 10.0 Å². The van der Waals surface area contributed by atoms with Crippen LogP contribution in [0.4, 0.5) is 5.69 Å². The zero-order chi connectivity index (χ0) is 24.0. The van der Waals surface area contributed by atoms with Crippen molar-refractivity contribution in [3.05, 3.63) is 94.0 Å². The van der Waals surface area contributed by atoms with Crippen LogP contribution in [0.1, 0.15) is 25.0 Å². The molecule has 0 saturated heterocycles. The van der Waals surface area contributed by atoms with Crippen LogP contribution in [-0.4, -0.2) is 19.0 Å². The van der Waals surface area contributed by atoms with E-state index in [2.05, 4.69) is 4.74 Å². The fraction of sp³-hybridized carbons (Fsp3) is 0.185. The summed E-state index contributed by atoms with van der Waals surface area (Å²) in [6.07, 6.45) is 3.02. The molecule has 0 aliphatic carbocycles. The van der Waals surface area contributed by atoms with Gasteiger partial charge in [-0.15, -0.1) is 0 Å². The molecule has 33 heavy (non-hydrogen) atoms. The van der Waals surface area contributed by atoms with Crippen LogP contribution in [0.3, 0.4) is 0 Å². The molecule has 0 saturated carbocycles. The summed E-state index contributed by atoms with van der Waals surface area (Å²) in [5.41, 5.74) is 4.45. The lowest BCUT2D eigenvalue weighted by Crippen LogP contribution is -2.33. The second kappa shape index (κ2) is 11.2. The Morgan fingerprint density at radius 1 is 0.939 bits per heavy atom. The maximum Gasteiger partial charge on any atom is 0.330 e. The first-order chi connectivity index (χ1) is 15.8. The van der Waals surface area contributed by atoms with E-state index in [9.17, 15) is 9.59 Å². The molecule has 4 nitrogen and oxygen atoms in total. The standard InChI is InChI=1S/C27H25Cl2NO3/c1-18(2)27(32)30(25-6-4-5-19(13-25)9-12-26(31)33-3)17-20-7-10-21(11-8-20)22-14-23(28)16-24(29)15-22/h4-16,18H,17H2,1-3H3/b12-9+. The molecule has 0 spiro atoms. The molecule has 0 bridgehead atoms. The fourth-order valence-corrected chi connectivity index (χ4v) is 3.87. The quantitative estimate of drug-likeness (QED) is 0.268. The second-order valence-corrected chi connectivity index (χ2v) is 8.76. The van der Waals surface area contributed by atoms with Crippen molar-refractivity contribution in [1.82, 2.24) is 0 Å². The van der Waals surface area contributed by atoms with Gasteiger partial charge in [0.05, 0.1) is 13.7 Å². The lowest BCUT2D eigenvalue weighted by molar-refractivity contribution is -0.134. The predicted octanol–water partition coefficient (Wildman–Crippen LogP) is 7.04. The Kier molecular flexibility index (Phi) is 8.32. The number of hydrogen-bond donors (Lipinski definition) is 0. The normalized spacial score (nSPS) is 11.1. The van der Waals surface area contributed by atoms with Crippen LogP contribution < -0.4 is 4.90 Å². The Bertz CT molecular complexity index is 1150. The van der Waals surface area contributed by atoms with E-state index in [-0.39, 0.29) is 11.8 Å². The average Bonchev–Trinajstić information content (AvgIpc) is 2.80. The predicted molar refractivity (Wildman–Crippen MR) is 135 cm³/mol. The Morgan fingerprint density at radius 2 is 1.61 bits per heavy atom. The Labute approximate surface area is 204 Å². The summed E-state index contributed by atoms with van der Waals surface area (Å²) in [4.78, 5) is 26.2. The summed E-state index contributed by atoms with van der Waals surface area (Å²) < 4.78 is 4.65. The second-order valence-electron chi connectivity index (χ2n) is 7.89. The number of methoxy groups -OCH3 is 1. The Balaban J connectivity index is 1.88. The molecule has 0 N–H and O–H groups in total. The number of benzene rings is 3. The molecule has 3 aromatic rings. The smallest absolute Gasteiger partial charge is 0.330 e. The molecule has 0 heterocycles. The van der Waals surface area contributed by atoms with E-state index >= 15 is 0 Å². The van der Waals surface area contributed by atoms with Gasteiger partial charge in [0, 0.05) is 27.7 Å². The number of amides is 1. The lowest BCUT2D eigenvalue weighted by Gasteiger charge is -2.25. The van der Waals surface area contributed by atoms with E-state index in [1.165, 1.54) is 13.2 Å². The van der Waals surface area contributed by atoms with Crippen LogP contribution >= 0.6 is 23.2 Å². The van der Waals surface area contributed by atoms with Crippen molar-refractivity contribution in [2.24, 2.45) is 5.92 Å². The van der Waals surface area contributed by atoms with Crippen LogP contribution in [0.5, 0.6) is 0 Å². The summed E-state index contributed by atoms with van der Waals surface area (Å²) in [5, 5.41) is 1.16. The minimum absolute atomic E-state index is 0.00907. The molecular weight excluding hydrogens is 457 g/mol. The molecule has 6 heteroatoms. The zero-order valence-electron chi connectivity index (χ0n) is 18.7. The number of halogens is 2. The minimum atomic E-state index is -0.434. The molecule has 0 radical (unpaired) electrons. The van der Waals surface area contributed by atoms with Crippen molar-refractivity contribution in [2.45, 2.75) is 20.4 Å². The third kappa shape index (κ3) is 6.70. The molecule has 170 valence electrons.